The summed E-state index contributed by atoms with van der Waals surface area (Å²) in [5.41, 5.74) is 1.01. The lowest BCUT2D eigenvalue weighted by atomic mass is 9.93. The van der Waals surface area contributed by atoms with Crippen molar-refractivity contribution < 1.29 is 18.7 Å². The molecule has 1 aromatic carbocycles. The van der Waals surface area contributed by atoms with E-state index in [0.29, 0.717) is 30.9 Å². The number of carbonyl (C=O) groups excluding carboxylic acids is 2. The lowest BCUT2D eigenvalue weighted by molar-refractivity contribution is -0.127. The maximum absolute atomic E-state index is 12.8. The van der Waals surface area contributed by atoms with Crippen LogP contribution in [0.3, 0.4) is 0 Å². The fourth-order valence-corrected chi connectivity index (χ4v) is 2.82. The first-order chi connectivity index (χ1) is 11.5. The van der Waals surface area contributed by atoms with Crippen LogP contribution in [-0.4, -0.2) is 25.3 Å². The van der Waals surface area contributed by atoms with Gasteiger partial charge in [-0.3, -0.25) is 9.59 Å². The van der Waals surface area contributed by atoms with Crippen LogP contribution < -0.4 is 9.64 Å². The van der Waals surface area contributed by atoms with Gasteiger partial charge in [-0.05, 0) is 50.6 Å². The van der Waals surface area contributed by atoms with Crippen LogP contribution in [0, 0.1) is 5.41 Å². The summed E-state index contributed by atoms with van der Waals surface area (Å²) in [6, 6.07) is 9.00. The van der Waals surface area contributed by atoms with Gasteiger partial charge in [0.1, 0.15) is 18.1 Å². The van der Waals surface area contributed by atoms with Crippen LogP contribution in [0.4, 0.5) is 5.69 Å². The van der Waals surface area contributed by atoms with Gasteiger partial charge in [-0.15, -0.1) is 0 Å². The molecule has 0 aliphatic carbocycles. The minimum atomic E-state index is -0.580. The van der Waals surface area contributed by atoms with Crippen molar-refractivity contribution in [3.05, 3.63) is 36.1 Å². The molecule has 0 bridgehead atoms. The molecule has 2 heterocycles. The largest absolute Gasteiger partial charge is 0.490 e. The van der Waals surface area contributed by atoms with E-state index in [1.54, 1.807) is 17.0 Å². The Hall–Kier alpha value is -2.56. The van der Waals surface area contributed by atoms with Crippen LogP contribution in [0.15, 0.2) is 34.7 Å². The van der Waals surface area contributed by atoms with E-state index in [-0.39, 0.29) is 11.7 Å². The van der Waals surface area contributed by atoms with Gasteiger partial charge < -0.3 is 14.1 Å². The summed E-state index contributed by atoms with van der Waals surface area (Å²) in [4.78, 5) is 25.4. The van der Waals surface area contributed by atoms with Crippen LogP contribution in [0.25, 0.3) is 11.3 Å². The Kier molecular flexibility index (Phi) is 4.18. The summed E-state index contributed by atoms with van der Waals surface area (Å²) >= 11 is 0. The molecule has 0 saturated heterocycles. The van der Waals surface area contributed by atoms with E-state index in [0.717, 1.165) is 17.7 Å². The number of nitrogens with zero attached hydrogens (tertiary/aromatic N) is 1. The molecule has 0 fully saturated rings. The summed E-state index contributed by atoms with van der Waals surface area (Å²) in [5.74, 6) is 1.60. The molecule has 0 spiro atoms. The molecule has 0 N–H and O–H groups in total. The second kappa shape index (κ2) is 6.15. The molecule has 126 valence electrons. The van der Waals surface area contributed by atoms with Crippen LogP contribution in [0.2, 0.25) is 0 Å². The molecule has 2 aromatic rings. The standard InChI is InChI=1S/C19H21NO4/c1-4-9-20-15-7-5-13(16-8-6-14(11-21)24-16)10-17(15)23-12-19(2,3)18(20)22/h5-8,10-11H,4,9,12H2,1-3H3. The van der Waals surface area contributed by atoms with Crippen molar-refractivity contribution in [1.82, 2.24) is 0 Å². The first-order valence-corrected chi connectivity index (χ1v) is 8.10. The third-order valence-electron chi connectivity index (χ3n) is 4.14. The Bertz CT molecular complexity index is 775. The number of ether oxygens (including phenoxy) is 1. The molecule has 1 amide bonds. The number of amides is 1. The van der Waals surface area contributed by atoms with Crippen molar-refractivity contribution in [2.75, 3.05) is 18.1 Å². The average molecular weight is 327 g/mol. The van der Waals surface area contributed by atoms with Gasteiger partial charge in [0.2, 0.25) is 5.91 Å². The zero-order chi connectivity index (χ0) is 17.3. The predicted molar refractivity (Wildman–Crippen MR) is 91.5 cm³/mol. The lowest BCUT2D eigenvalue weighted by Gasteiger charge is -2.27. The summed E-state index contributed by atoms with van der Waals surface area (Å²) in [6.45, 7) is 6.81. The number of fused-ring (bicyclic) bond motifs is 1. The SMILES string of the molecule is CCCN1C(=O)C(C)(C)COc2cc(-c3ccc(C=O)o3)ccc21. The molecule has 1 aliphatic rings. The number of hydrogen-bond donors (Lipinski definition) is 0. The summed E-state index contributed by atoms with van der Waals surface area (Å²) < 4.78 is 11.4. The van der Waals surface area contributed by atoms with Crippen molar-refractivity contribution in [2.24, 2.45) is 5.41 Å². The summed E-state index contributed by atoms with van der Waals surface area (Å²) in [5, 5.41) is 0. The van der Waals surface area contributed by atoms with Gasteiger partial charge in [-0.1, -0.05) is 6.92 Å². The topological polar surface area (TPSA) is 59.8 Å². The Morgan fingerprint density at radius 1 is 1.25 bits per heavy atom. The van der Waals surface area contributed by atoms with Gasteiger partial charge in [0.25, 0.3) is 0 Å². The number of hydrogen-bond acceptors (Lipinski definition) is 4. The van der Waals surface area contributed by atoms with Crippen LogP contribution in [0.1, 0.15) is 37.7 Å². The quantitative estimate of drug-likeness (QED) is 0.799. The first-order valence-electron chi connectivity index (χ1n) is 8.10. The number of aldehydes is 1. The zero-order valence-electron chi connectivity index (χ0n) is 14.2. The van der Waals surface area contributed by atoms with E-state index in [2.05, 4.69) is 0 Å². The molecular weight excluding hydrogens is 306 g/mol. The van der Waals surface area contributed by atoms with Crippen molar-refractivity contribution in [3.8, 4) is 17.1 Å². The van der Waals surface area contributed by atoms with E-state index in [4.69, 9.17) is 9.15 Å². The zero-order valence-corrected chi connectivity index (χ0v) is 14.2. The number of benzene rings is 1. The highest BCUT2D eigenvalue weighted by atomic mass is 16.5. The average Bonchev–Trinajstić information content (AvgIpc) is 3.03. The van der Waals surface area contributed by atoms with E-state index in [9.17, 15) is 9.59 Å². The maximum atomic E-state index is 12.8. The molecule has 24 heavy (non-hydrogen) atoms. The van der Waals surface area contributed by atoms with E-state index in [1.807, 2.05) is 39.0 Å². The van der Waals surface area contributed by atoms with Gasteiger partial charge in [0.05, 0.1) is 11.1 Å². The number of carbonyl (C=O) groups is 2. The summed E-state index contributed by atoms with van der Waals surface area (Å²) in [7, 11) is 0. The van der Waals surface area contributed by atoms with Crippen LogP contribution >= 0.6 is 0 Å². The maximum Gasteiger partial charge on any atom is 0.236 e. The van der Waals surface area contributed by atoms with Crippen molar-refractivity contribution in [2.45, 2.75) is 27.2 Å². The van der Waals surface area contributed by atoms with Gasteiger partial charge in [-0.2, -0.15) is 0 Å². The van der Waals surface area contributed by atoms with Crippen molar-refractivity contribution in [1.29, 1.82) is 0 Å². The highest BCUT2D eigenvalue weighted by Gasteiger charge is 2.37. The molecule has 3 rings (SSSR count). The van der Waals surface area contributed by atoms with Crippen LogP contribution in [0.5, 0.6) is 5.75 Å². The Balaban J connectivity index is 2.04. The molecule has 1 aliphatic heterocycles. The molecule has 0 unspecified atom stereocenters. The van der Waals surface area contributed by atoms with E-state index in [1.165, 1.54) is 0 Å². The number of anilines is 1. The van der Waals surface area contributed by atoms with Gasteiger partial charge in [0.15, 0.2) is 12.0 Å². The van der Waals surface area contributed by atoms with Gasteiger partial charge >= 0.3 is 0 Å². The molecule has 0 radical (unpaired) electrons. The molecule has 5 heteroatoms. The molecule has 1 aromatic heterocycles. The monoisotopic (exact) mass is 327 g/mol. The minimum absolute atomic E-state index is 0.0667. The second-order valence-electron chi connectivity index (χ2n) is 6.63. The fraction of sp³-hybridized carbons (Fsp3) is 0.368. The number of rotatable bonds is 4. The van der Waals surface area contributed by atoms with Crippen molar-refractivity contribution >= 4 is 17.9 Å². The lowest BCUT2D eigenvalue weighted by Crippen LogP contribution is -2.42. The Morgan fingerprint density at radius 3 is 2.71 bits per heavy atom. The fourth-order valence-electron chi connectivity index (χ4n) is 2.82. The molecule has 5 nitrogen and oxygen atoms in total. The van der Waals surface area contributed by atoms with Gasteiger partial charge in [0, 0.05) is 12.1 Å². The van der Waals surface area contributed by atoms with E-state index < -0.39 is 5.41 Å². The van der Waals surface area contributed by atoms with Crippen molar-refractivity contribution in [3.63, 3.8) is 0 Å². The second-order valence-corrected chi connectivity index (χ2v) is 6.63. The van der Waals surface area contributed by atoms with Crippen LogP contribution in [-0.2, 0) is 4.79 Å². The molecule has 0 saturated carbocycles. The third-order valence-corrected chi connectivity index (χ3v) is 4.14. The molecule has 0 atom stereocenters. The number of furan rings is 1. The predicted octanol–water partition coefficient (Wildman–Crippen LogP) is 3.92. The Labute approximate surface area is 141 Å². The molecular formula is C19H21NO4. The smallest absolute Gasteiger partial charge is 0.236 e. The summed E-state index contributed by atoms with van der Waals surface area (Å²) in [6.07, 6.45) is 1.54. The first kappa shape index (κ1) is 16.3. The highest BCUT2D eigenvalue weighted by Crippen LogP contribution is 2.39. The minimum Gasteiger partial charge on any atom is -0.490 e. The van der Waals surface area contributed by atoms with Gasteiger partial charge in [-0.25, -0.2) is 0 Å². The van der Waals surface area contributed by atoms with E-state index >= 15 is 0 Å². The Morgan fingerprint density at radius 2 is 2.04 bits per heavy atom. The highest BCUT2D eigenvalue weighted by molar-refractivity contribution is 5.99. The normalized spacial score (nSPS) is 16.3. The third kappa shape index (κ3) is 2.82.